The summed E-state index contributed by atoms with van der Waals surface area (Å²) in [6.45, 7) is 4.18. The summed E-state index contributed by atoms with van der Waals surface area (Å²) in [6, 6.07) is 2.39. The SMILES string of the molecule is CCOC(OCC)O[Si]CCCCCc1cc(F)c(F)cc1F. The van der Waals surface area contributed by atoms with E-state index in [9.17, 15) is 13.2 Å². The highest BCUT2D eigenvalue weighted by atomic mass is 28.2. The number of aryl methyl sites for hydroxylation is 1. The summed E-state index contributed by atoms with van der Waals surface area (Å²) in [4.78, 5) is 0. The highest BCUT2D eigenvalue weighted by molar-refractivity contribution is 6.27. The average molecular weight is 348 g/mol. The van der Waals surface area contributed by atoms with Crippen molar-refractivity contribution in [2.45, 2.75) is 52.1 Å². The van der Waals surface area contributed by atoms with Crippen LogP contribution in [0, 0.1) is 17.5 Å². The molecule has 7 heteroatoms. The fraction of sp³-hybridized carbons (Fsp3) is 0.625. The normalized spacial score (nSPS) is 11.4. The van der Waals surface area contributed by atoms with E-state index in [1.54, 1.807) is 0 Å². The van der Waals surface area contributed by atoms with Crippen LogP contribution in [-0.2, 0) is 20.3 Å². The summed E-state index contributed by atoms with van der Waals surface area (Å²) in [6.07, 6.45) is 2.89. The van der Waals surface area contributed by atoms with Gasteiger partial charge in [0, 0.05) is 19.3 Å². The van der Waals surface area contributed by atoms with Crippen LogP contribution in [0.2, 0.25) is 6.04 Å². The van der Waals surface area contributed by atoms with E-state index >= 15 is 0 Å². The topological polar surface area (TPSA) is 27.7 Å². The average Bonchev–Trinajstić information content (AvgIpc) is 2.51. The monoisotopic (exact) mass is 348 g/mol. The van der Waals surface area contributed by atoms with Gasteiger partial charge in [0.15, 0.2) is 11.6 Å². The van der Waals surface area contributed by atoms with Gasteiger partial charge in [-0.15, -0.1) is 0 Å². The molecule has 0 atom stereocenters. The molecule has 130 valence electrons. The second-order valence-electron chi connectivity index (χ2n) is 4.88. The smallest absolute Gasteiger partial charge is 0.261 e. The van der Waals surface area contributed by atoms with Crippen molar-refractivity contribution in [2.24, 2.45) is 0 Å². The summed E-state index contributed by atoms with van der Waals surface area (Å²) in [7, 11) is 0.270. The number of ether oxygens (including phenoxy) is 2. The zero-order chi connectivity index (χ0) is 17.1. The first-order valence-corrected chi connectivity index (χ1v) is 8.95. The maximum atomic E-state index is 13.4. The van der Waals surface area contributed by atoms with Gasteiger partial charge in [-0.05, 0) is 44.4 Å². The molecule has 3 nitrogen and oxygen atoms in total. The molecule has 1 aromatic rings. The molecule has 1 aromatic carbocycles. The first kappa shape index (κ1) is 20.2. The standard InChI is InChI=1S/C16H23F3O3Si/c1-3-20-16(21-4-2)22-23-9-7-5-6-8-12-10-14(18)15(19)11-13(12)17/h10-11,16H,3-9H2,1-2H3. The lowest BCUT2D eigenvalue weighted by molar-refractivity contribution is -0.243. The molecule has 0 spiro atoms. The number of hydrogen-bond donors (Lipinski definition) is 0. The Morgan fingerprint density at radius 2 is 1.57 bits per heavy atom. The molecule has 0 N–H and O–H groups in total. The Labute approximate surface area is 138 Å². The van der Waals surface area contributed by atoms with Crippen LogP contribution in [0.1, 0.15) is 38.7 Å². The van der Waals surface area contributed by atoms with E-state index in [0.29, 0.717) is 32.1 Å². The fourth-order valence-corrected chi connectivity index (χ4v) is 2.74. The second-order valence-corrected chi connectivity index (χ2v) is 5.90. The zero-order valence-corrected chi connectivity index (χ0v) is 14.5. The summed E-state index contributed by atoms with van der Waals surface area (Å²) in [5.41, 5.74) is 0.218. The number of hydrogen-bond acceptors (Lipinski definition) is 3. The molecule has 0 aliphatic heterocycles. The van der Waals surface area contributed by atoms with Crippen molar-refractivity contribution in [3.8, 4) is 0 Å². The Bertz CT molecular complexity index is 454. The Morgan fingerprint density at radius 3 is 2.22 bits per heavy atom. The minimum Gasteiger partial charge on any atom is -0.372 e. The highest BCUT2D eigenvalue weighted by Crippen LogP contribution is 2.16. The maximum absolute atomic E-state index is 13.4. The molecule has 0 aliphatic rings. The lowest BCUT2D eigenvalue weighted by atomic mass is 10.1. The van der Waals surface area contributed by atoms with Crippen LogP contribution in [0.5, 0.6) is 0 Å². The summed E-state index contributed by atoms with van der Waals surface area (Å²) in [5, 5.41) is 0. The van der Waals surface area contributed by atoms with Gasteiger partial charge in [0.2, 0.25) is 9.76 Å². The molecule has 23 heavy (non-hydrogen) atoms. The van der Waals surface area contributed by atoms with E-state index in [0.717, 1.165) is 25.0 Å². The van der Waals surface area contributed by atoms with Crippen molar-refractivity contribution in [1.29, 1.82) is 0 Å². The first-order chi connectivity index (χ1) is 11.1. The molecule has 0 amide bonds. The third-order valence-electron chi connectivity index (χ3n) is 3.10. The van der Waals surface area contributed by atoms with Crippen molar-refractivity contribution in [1.82, 2.24) is 0 Å². The molecule has 0 heterocycles. The van der Waals surface area contributed by atoms with E-state index in [-0.39, 0.29) is 15.3 Å². The van der Waals surface area contributed by atoms with Gasteiger partial charge in [-0.2, -0.15) is 0 Å². The van der Waals surface area contributed by atoms with Crippen LogP contribution < -0.4 is 0 Å². The predicted octanol–water partition coefficient (Wildman–Crippen LogP) is 4.23. The van der Waals surface area contributed by atoms with Gasteiger partial charge in [0.1, 0.15) is 5.82 Å². The summed E-state index contributed by atoms with van der Waals surface area (Å²) >= 11 is 0. The van der Waals surface area contributed by atoms with Gasteiger partial charge < -0.3 is 13.9 Å². The minimum absolute atomic E-state index is 0.218. The molecule has 0 bridgehead atoms. The molecule has 0 saturated carbocycles. The number of benzene rings is 1. The lowest BCUT2D eigenvalue weighted by Gasteiger charge is -2.16. The molecular weight excluding hydrogens is 325 g/mol. The van der Waals surface area contributed by atoms with Crippen molar-refractivity contribution in [3.63, 3.8) is 0 Å². The summed E-state index contributed by atoms with van der Waals surface area (Å²) < 4.78 is 55.3. The summed E-state index contributed by atoms with van der Waals surface area (Å²) in [5.74, 6) is -2.85. The van der Waals surface area contributed by atoms with Gasteiger partial charge in [-0.3, -0.25) is 0 Å². The van der Waals surface area contributed by atoms with Crippen molar-refractivity contribution in [3.05, 3.63) is 35.1 Å². The van der Waals surface area contributed by atoms with Gasteiger partial charge in [0.25, 0.3) is 6.48 Å². The van der Waals surface area contributed by atoms with Crippen molar-refractivity contribution < 1.29 is 27.1 Å². The quantitative estimate of drug-likeness (QED) is 0.245. The minimum atomic E-state index is -1.15. The number of halogens is 3. The Balaban J connectivity index is 2.15. The van der Waals surface area contributed by atoms with Crippen LogP contribution in [0.15, 0.2) is 12.1 Å². The molecular formula is C16H23F3O3Si. The molecule has 0 aromatic heterocycles. The maximum Gasteiger partial charge on any atom is 0.261 e. The van der Waals surface area contributed by atoms with Gasteiger partial charge >= 0.3 is 0 Å². The van der Waals surface area contributed by atoms with E-state index in [1.165, 1.54) is 0 Å². The molecule has 2 radical (unpaired) electrons. The van der Waals surface area contributed by atoms with E-state index in [1.807, 2.05) is 13.8 Å². The third-order valence-corrected chi connectivity index (χ3v) is 4.02. The van der Waals surface area contributed by atoms with E-state index in [2.05, 4.69) is 0 Å². The zero-order valence-electron chi connectivity index (χ0n) is 13.5. The van der Waals surface area contributed by atoms with E-state index in [4.69, 9.17) is 13.9 Å². The molecule has 0 unspecified atom stereocenters. The van der Waals surface area contributed by atoms with Gasteiger partial charge in [-0.25, -0.2) is 13.2 Å². The molecule has 0 fully saturated rings. The Kier molecular flexibility index (Phi) is 10.2. The van der Waals surface area contributed by atoms with Gasteiger partial charge in [0.05, 0.1) is 0 Å². The van der Waals surface area contributed by atoms with Crippen LogP contribution in [0.4, 0.5) is 13.2 Å². The Morgan fingerprint density at radius 1 is 0.913 bits per heavy atom. The largest absolute Gasteiger partial charge is 0.372 e. The third kappa shape index (κ3) is 7.96. The highest BCUT2D eigenvalue weighted by Gasteiger charge is 2.10. The van der Waals surface area contributed by atoms with Gasteiger partial charge in [-0.1, -0.05) is 12.8 Å². The molecule has 0 saturated heterocycles. The lowest BCUT2D eigenvalue weighted by Crippen LogP contribution is -2.22. The van der Waals surface area contributed by atoms with Crippen LogP contribution in [-0.4, -0.2) is 29.5 Å². The predicted molar refractivity (Wildman–Crippen MR) is 82.6 cm³/mol. The van der Waals surface area contributed by atoms with Crippen LogP contribution in [0.3, 0.4) is 0 Å². The van der Waals surface area contributed by atoms with Crippen molar-refractivity contribution >= 4 is 9.76 Å². The second kappa shape index (κ2) is 11.6. The Hall–Kier alpha value is -0.893. The molecule has 0 aliphatic carbocycles. The number of rotatable bonds is 12. The van der Waals surface area contributed by atoms with Crippen LogP contribution >= 0.6 is 0 Å². The van der Waals surface area contributed by atoms with Crippen molar-refractivity contribution in [2.75, 3.05) is 13.2 Å². The van der Waals surface area contributed by atoms with Crippen LogP contribution in [0.25, 0.3) is 0 Å². The first-order valence-electron chi connectivity index (χ1n) is 7.83. The fourth-order valence-electron chi connectivity index (χ4n) is 1.96. The van der Waals surface area contributed by atoms with E-state index < -0.39 is 23.9 Å². The molecule has 1 rings (SSSR count). The number of unbranched alkanes of at least 4 members (excludes halogenated alkanes) is 2.